The van der Waals surface area contributed by atoms with E-state index in [9.17, 15) is 14.4 Å². The zero-order chi connectivity index (χ0) is 25.1. The van der Waals surface area contributed by atoms with Gasteiger partial charge in [-0.3, -0.25) is 4.79 Å². The van der Waals surface area contributed by atoms with Gasteiger partial charge < -0.3 is 9.15 Å². The van der Waals surface area contributed by atoms with Crippen molar-refractivity contribution in [1.82, 2.24) is 9.78 Å². The van der Waals surface area contributed by atoms with Crippen molar-refractivity contribution in [1.29, 1.82) is 0 Å². The zero-order valence-corrected chi connectivity index (χ0v) is 20.6. The summed E-state index contributed by atoms with van der Waals surface area (Å²) < 4.78 is 12.4. The first-order chi connectivity index (χ1) is 16.8. The molecule has 0 radical (unpaired) electrons. The largest absolute Gasteiger partial charge is 0.456 e. The Balaban J connectivity index is 1.70. The molecule has 0 amide bonds. The number of esters is 1. The molecule has 182 valence electrons. The van der Waals surface area contributed by atoms with Crippen LogP contribution in [0.1, 0.15) is 73.1 Å². The number of carbonyl (C=O) groups is 1. The van der Waals surface area contributed by atoms with Gasteiger partial charge in [0.05, 0.1) is 5.39 Å². The first-order valence-electron chi connectivity index (χ1n) is 12.0. The Morgan fingerprint density at radius 3 is 2.51 bits per heavy atom. The van der Waals surface area contributed by atoms with Crippen LogP contribution in [0.5, 0.6) is 0 Å². The van der Waals surface area contributed by atoms with E-state index < -0.39 is 11.6 Å². The molecule has 0 aliphatic heterocycles. The number of nitrogens with zero attached hydrogens (tertiary/aromatic N) is 2. The molecule has 0 unspecified atom stereocenters. The van der Waals surface area contributed by atoms with Gasteiger partial charge in [0, 0.05) is 28.9 Å². The molecule has 2 aromatic carbocycles. The van der Waals surface area contributed by atoms with Crippen molar-refractivity contribution >= 4 is 27.7 Å². The van der Waals surface area contributed by atoms with Gasteiger partial charge in [0.2, 0.25) is 0 Å². The Morgan fingerprint density at radius 2 is 1.80 bits per heavy atom. The van der Waals surface area contributed by atoms with Crippen molar-refractivity contribution in [3.63, 3.8) is 0 Å². The highest BCUT2D eigenvalue weighted by Gasteiger charge is 2.19. The van der Waals surface area contributed by atoms with Crippen LogP contribution in [0.2, 0.25) is 0 Å². The second-order valence-electron chi connectivity index (χ2n) is 9.16. The summed E-state index contributed by atoms with van der Waals surface area (Å²) in [6, 6.07) is 12.1. The molecule has 35 heavy (non-hydrogen) atoms. The number of fused-ring (bicyclic) bond motifs is 2. The minimum absolute atomic E-state index is 0.0858. The van der Waals surface area contributed by atoms with E-state index >= 15 is 0 Å². The van der Waals surface area contributed by atoms with Crippen LogP contribution in [-0.2, 0) is 17.9 Å². The molecule has 7 heteroatoms. The van der Waals surface area contributed by atoms with Crippen LogP contribution in [0.25, 0.3) is 21.7 Å². The van der Waals surface area contributed by atoms with Crippen molar-refractivity contribution in [2.45, 2.75) is 66.0 Å². The highest BCUT2D eigenvalue weighted by Crippen LogP contribution is 2.27. The van der Waals surface area contributed by atoms with Gasteiger partial charge in [0.1, 0.15) is 12.2 Å². The molecule has 0 spiro atoms. The molecule has 7 nitrogen and oxygen atoms in total. The molecule has 2 heterocycles. The number of hydrogen-bond acceptors (Lipinski definition) is 6. The van der Waals surface area contributed by atoms with E-state index in [1.165, 1.54) is 10.7 Å². The van der Waals surface area contributed by atoms with E-state index in [-0.39, 0.29) is 23.8 Å². The molecule has 0 N–H and O–H groups in total. The molecular formula is C28H30N2O5. The number of rotatable bonds is 8. The summed E-state index contributed by atoms with van der Waals surface area (Å²) in [7, 11) is 0. The van der Waals surface area contributed by atoms with Crippen molar-refractivity contribution in [3.05, 3.63) is 85.6 Å². The normalized spacial score (nSPS) is 11.5. The van der Waals surface area contributed by atoms with Gasteiger partial charge in [-0.1, -0.05) is 51.8 Å². The zero-order valence-electron chi connectivity index (χ0n) is 20.6. The van der Waals surface area contributed by atoms with Gasteiger partial charge in [-0.05, 0) is 48.6 Å². The summed E-state index contributed by atoms with van der Waals surface area (Å²) in [6.45, 7) is 8.57. The fourth-order valence-corrected chi connectivity index (χ4v) is 4.39. The third-order valence-electron chi connectivity index (χ3n) is 6.23. The standard InChI is InChI=1S/C28H30N2O5/c1-5-6-9-12-30-27(32)21-11-8-7-10-20(21)26(29-30)28(33)34-16-19-14-25(31)35-24-13-18(4)22(17(2)3)15-23(19)24/h7-8,10-11,13-15,17H,5-6,9,12,16H2,1-4H3. The number of carbonyl (C=O) groups excluding carboxylic acids is 1. The van der Waals surface area contributed by atoms with E-state index in [0.29, 0.717) is 28.5 Å². The lowest BCUT2D eigenvalue weighted by Crippen LogP contribution is -2.26. The van der Waals surface area contributed by atoms with E-state index in [1.807, 2.05) is 19.1 Å². The average Bonchev–Trinajstić information content (AvgIpc) is 2.83. The van der Waals surface area contributed by atoms with E-state index in [0.717, 1.165) is 35.8 Å². The van der Waals surface area contributed by atoms with Crippen LogP contribution in [0.4, 0.5) is 0 Å². The molecule has 4 aromatic rings. The molecule has 0 aliphatic carbocycles. The Morgan fingerprint density at radius 1 is 1.06 bits per heavy atom. The maximum Gasteiger partial charge on any atom is 0.359 e. The minimum atomic E-state index is -0.650. The molecule has 4 rings (SSSR count). The molecule has 0 saturated carbocycles. The second kappa shape index (κ2) is 10.3. The van der Waals surface area contributed by atoms with E-state index in [1.54, 1.807) is 24.3 Å². The summed E-state index contributed by atoms with van der Waals surface area (Å²) in [5.41, 5.74) is 2.54. The van der Waals surface area contributed by atoms with Gasteiger partial charge >= 0.3 is 11.6 Å². The van der Waals surface area contributed by atoms with Gasteiger partial charge in [0.25, 0.3) is 5.56 Å². The number of ether oxygens (including phenoxy) is 1. The molecule has 0 bridgehead atoms. The van der Waals surface area contributed by atoms with E-state index in [2.05, 4.69) is 25.9 Å². The molecule has 0 atom stereocenters. The third-order valence-corrected chi connectivity index (χ3v) is 6.23. The summed E-state index contributed by atoms with van der Waals surface area (Å²) in [4.78, 5) is 38.2. The van der Waals surface area contributed by atoms with Crippen LogP contribution < -0.4 is 11.2 Å². The fourth-order valence-electron chi connectivity index (χ4n) is 4.39. The summed E-state index contributed by atoms with van der Waals surface area (Å²) in [5.74, 6) is -0.367. The molecular weight excluding hydrogens is 444 g/mol. The number of unbranched alkanes of at least 4 members (excludes halogenated alkanes) is 2. The Hall–Kier alpha value is -3.74. The highest BCUT2D eigenvalue weighted by atomic mass is 16.5. The molecule has 0 saturated heterocycles. The topological polar surface area (TPSA) is 91.4 Å². The molecule has 2 aromatic heterocycles. The third kappa shape index (κ3) is 5.04. The Kier molecular flexibility index (Phi) is 7.15. The van der Waals surface area contributed by atoms with E-state index in [4.69, 9.17) is 9.15 Å². The SMILES string of the molecule is CCCCCn1nc(C(=O)OCc2cc(=O)oc3cc(C)c(C(C)C)cc23)c2ccccc2c1=O. The predicted octanol–water partition coefficient (Wildman–Crippen LogP) is 5.48. The van der Waals surface area contributed by atoms with Crippen molar-refractivity contribution in [2.75, 3.05) is 0 Å². The van der Waals surface area contributed by atoms with Gasteiger partial charge in [-0.25, -0.2) is 14.3 Å². The first kappa shape index (κ1) is 24.4. The maximum atomic E-state index is 13.2. The summed E-state index contributed by atoms with van der Waals surface area (Å²) in [5, 5.41) is 5.97. The smallest absolute Gasteiger partial charge is 0.359 e. The lowest BCUT2D eigenvalue weighted by atomic mass is 9.95. The molecule has 0 aliphatic rings. The van der Waals surface area contributed by atoms with Crippen LogP contribution in [0, 0.1) is 6.92 Å². The number of benzene rings is 2. The lowest BCUT2D eigenvalue weighted by Gasteiger charge is -2.14. The van der Waals surface area contributed by atoms with Crippen molar-refractivity contribution in [3.8, 4) is 0 Å². The van der Waals surface area contributed by atoms with Gasteiger partial charge in [-0.2, -0.15) is 5.10 Å². The van der Waals surface area contributed by atoms with Crippen LogP contribution in [0.3, 0.4) is 0 Å². The van der Waals surface area contributed by atoms with Gasteiger partial charge in [0.15, 0.2) is 5.69 Å². The minimum Gasteiger partial charge on any atom is -0.456 e. The Bertz CT molecular complexity index is 1510. The average molecular weight is 475 g/mol. The first-order valence-corrected chi connectivity index (χ1v) is 12.0. The summed E-state index contributed by atoms with van der Waals surface area (Å²) in [6.07, 6.45) is 2.76. The number of aryl methyl sites for hydroxylation is 2. The van der Waals surface area contributed by atoms with Crippen LogP contribution >= 0.6 is 0 Å². The summed E-state index contributed by atoms with van der Waals surface area (Å²) >= 11 is 0. The predicted molar refractivity (Wildman–Crippen MR) is 136 cm³/mol. The van der Waals surface area contributed by atoms with Crippen molar-refractivity contribution < 1.29 is 13.9 Å². The fraction of sp³-hybridized carbons (Fsp3) is 0.357. The maximum absolute atomic E-state index is 13.2. The van der Waals surface area contributed by atoms with Crippen LogP contribution in [0.15, 0.2) is 56.5 Å². The monoisotopic (exact) mass is 474 g/mol. The van der Waals surface area contributed by atoms with Crippen LogP contribution in [-0.4, -0.2) is 15.7 Å². The number of aromatic nitrogens is 2. The quantitative estimate of drug-likeness (QED) is 0.191. The Labute approximate surface area is 203 Å². The molecule has 0 fully saturated rings. The lowest BCUT2D eigenvalue weighted by molar-refractivity contribution is 0.0466. The highest BCUT2D eigenvalue weighted by molar-refractivity contribution is 6.02. The number of hydrogen-bond donors (Lipinski definition) is 0. The van der Waals surface area contributed by atoms with Gasteiger partial charge in [-0.15, -0.1) is 0 Å². The van der Waals surface area contributed by atoms with Crippen molar-refractivity contribution in [2.24, 2.45) is 0 Å². The second-order valence-corrected chi connectivity index (χ2v) is 9.16.